The molecule has 0 bridgehead atoms. The summed E-state index contributed by atoms with van der Waals surface area (Å²) in [5, 5.41) is 4.45. The number of hydrogen-bond acceptors (Lipinski definition) is 6. The summed E-state index contributed by atoms with van der Waals surface area (Å²) < 4.78 is 1.26. The number of thiophene rings is 1. The molecule has 3 aromatic heterocycles. The van der Waals surface area contributed by atoms with Crippen molar-refractivity contribution in [2.75, 3.05) is 11.4 Å². The highest BCUT2D eigenvalue weighted by molar-refractivity contribution is 7.18. The highest BCUT2D eigenvalue weighted by Gasteiger charge is 2.30. The van der Waals surface area contributed by atoms with Crippen LogP contribution in [0.1, 0.15) is 23.9 Å². The molecule has 0 spiro atoms. The van der Waals surface area contributed by atoms with Crippen molar-refractivity contribution in [2.45, 2.75) is 18.9 Å². The first-order valence-electron chi connectivity index (χ1n) is 7.70. The molecule has 1 aliphatic rings. The van der Waals surface area contributed by atoms with E-state index in [0.29, 0.717) is 6.04 Å². The van der Waals surface area contributed by atoms with Crippen LogP contribution < -0.4 is 4.90 Å². The molecule has 1 aromatic carbocycles. The topological polar surface area (TPSA) is 41.9 Å². The number of fused-ring (bicyclic) bond motifs is 2. The maximum Gasteiger partial charge on any atom is 0.141 e. The van der Waals surface area contributed by atoms with Crippen LogP contribution in [-0.2, 0) is 0 Å². The largest absolute Gasteiger partial charge is 0.346 e. The van der Waals surface area contributed by atoms with Crippen LogP contribution >= 0.6 is 22.7 Å². The van der Waals surface area contributed by atoms with Crippen LogP contribution in [0.2, 0.25) is 0 Å². The van der Waals surface area contributed by atoms with E-state index in [2.05, 4.69) is 50.6 Å². The minimum Gasteiger partial charge on any atom is -0.346 e. The van der Waals surface area contributed by atoms with Gasteiger partial charge in [0.25, 0.3) is 0 Å². The fourth-order valence-electron chi connectivity index (χ4n) is 3.32. The molecule has 1 fully saturated rings. The Morgan fingerprint density at radius 1 is 1.13 bits per heavy atom. The molecule has 0 radical (unpaired) electrons. The van der Waals surface area contributed by atoms with Crippen LogP contribution in [-0.4, -0.2) is 21.5 Å². The number of rotatable bonds is 2. The predicted molar refractivity (Wildman–Crippen MR) is 96.4 cm³/mol. The van der Waals surface area contributed by atoms with E-state index in [1.165, 1.54) is 16.1 Å². The first kappa shape index (κ1) is 13.4. The molecule has 6 heteroatoms. The minimum absolute atomic E-state index is 0.324. The van der Waals surface area contributed by atoms with Crippen LogP contribution in [0.4, 0.5) is 5.82 Å². The average molecular weight is 338 g/mol. The number of anilines is 1. The van der Waals surface area contributed by atoms with Crippen LogP contribution in [0, 0.1) is 0 Å². The first-order chi connectivity index (χ1) is 11.4. The van der Waals surface area contributed by atoms with Crippen LogP contribution in [0.5, 0.6) is 0 Å². The van der Waals surface area contributed by atoms with Crippen LogP contribution in [0.3, 0.4) is 0 Å². The van der Waals surface area contributed by atoms with Gasteiger partial charge in [0.15, 0.2) is 0 Å². The second-order valence-corrected chi connectivity index (χ2v) is 7.66. The third-order valence-corrected chi connectivity index (χ3v) is 6.32. The van der Waals surface area contributed by atoms with Gasteiger partial charge in [-0.3, -0.25) is 0 Å². The second-order valence-electron chi connectivity index (χ2n) is 5.71. The number of hydrogen-bond donors (Lipinski definition) is 0. The summed E-state index contributed by atoms with van der Waals surface area (Å²) in [4.78, 5) is 17.3. The zero-order valence-electron chi connectivity index (χ0n) is 12.3. The average Bonchev–Trinajstić information content (AvgIpc) is 3.31. The molecule has 4 nitrogen and oxygen atoms in total. The van der Waals surface area contributed by atoms with E-state index >= 15 is 0 Å². The Hall–Kier alpha value is -2.05. The van der Waals surface area contributed by atoms with E-state index in [-0.39, 0.29) is 0 Å². The molecule has 1 atom stereocenters. The lowest BCUT2D eigenvalue weighted by Gasteiger charge is -2.24. The number of nitrogens with zero attached hydrogens (tertiary/aromatic N) is 4. The number of aromatic nitrogens is 3. The highest BCUT2D eigenvalue weighted by atomic mass is 32.1. The van der Waals surface area contributed by atoms with E-state index in [9.17, 15) is 0 Å². The van der Waals surface area contributed by atoms with Gasteiger partial charge in [-0.1, -0.05) is 12.1 Å². The van der Waals surface area contributed by atoms with Gasteiger partial charge >= 0.3 is 0 Å². The van der Waals surface area contributed by atoms with Gasteiger partial charge < -0.3 is 4.90 Å². The molecule has 0 unspecified atom stereocenters. The summed E-state index contributed by atoms with van der Waals surface area (Å²) in [6.07, 6.45) is 3.99. The first-order valence-corrected chi connectivity index (χ1v) is 9.40. The van der Waals surface area contributed by atoms with Gasteiger partial charge in [0.05, 0.1) is 21.6 Å². The smallest absolute Gasteiger partial charge is 0.141 e. The van der Waals surface area contributed by atoms with Crippen LogP contribution in [0.25, 0.3) is 20.4 Å². The van der Waals surface area contributed by atoms with E-state index in [0.717, 1.165) is 34.5 Å². The zero-order valence-corrected chi connectivity index (χ0v) is 14.0. The number of thiazole rings is 1. The quantitative estimate of drug-likeness (QED) is 0.534. The fourth-order valence-corrected chi connectivity index (χ4v) is 5.16. The highest BCUT2D eigenvalue weighted by Crippen LogP contribution is 2.40. The zero-order chi connectivity index (χ0) is 15.2. The molecule has 1 aliphatic heterocycles. The normalized spacial score (nSPS) is 18.3. The Bertz CT molecular complexity index is 957. The lowest BCUT2D eigenvalue weighted by molar-refractivity contribution is 0.709. The van der Waals surface area contributed by atoms with Crippen molar-refractivity contribution < 1.29 is 0 Å². The molecule has 0 N–H and O–H groups in total. The molecule has 0 saturated carbocycles. The molecule has 23 heavy (non-hydrogen) atoms. The van der Waals surface area contributed by atoms with Crippen molar-refractivity contribution in [1.29, 1.82) is 0 Å². The Morgan fingerprint density at radius 2 is 2.09 bits per heavy atom. The van der Waals surface area contributed by atoms with Gasteiger partial charge in [-0.2, -0.15) is 0 Å². The van der Waals surface area contributed by atoms with Gasteiger partial charge in [0.1, 0.15) is 22.0 Å². The Morgan fingerprint density at radius 3 is 3.04 bits per heavy atom. The number of benzene rings is 1. The molecular formula is C17H14N4S2. The third-order valence-electron chi connectivity index (χ3n) is 4.36. The number of para-hydroxylation sites is 1. The van der Waals surface area contributed by atoms with Crippen molar-refractivity contribution in [1.82, 2.24) is 15.0 Å². The summed E-state index contributed by atoms with van der Waals surface area (Å²) in [6.45, 7) is 1.03. The minimum atomic E-state index is 0.324. The summed E-state index contributed by atoms with van der Waals surface area (Å²) in [5.74, 6) is 1.05. The SMILES string of the molecule is c1ccc2sc([C@H]3CCCN3c3ncnc4sccc34)nc2c1. The van der Waals surface area contributed by atoms with Crippen molar-refractivity contribution in [3.8, 4) is 0 Å². The summed E-state index contributed by atoms with van der Waals surface area (Å²) in [7, 11) is 0. The van der Waals surface area contributed by atoms with Crippen LogP contribution in [0.15, 0.2) is 42.0 Å². The van der Waals surface area contributed by atoms with Crippen molar-refractivity contribution in [3.63, 3.8) is 0 Å². The lowest BCUT2D eigenvalue weighted by Crippen LogP contribution is -2.23. The van der Waals surface area contributed by atoms with E-state index in [4.69, 9.17) is 4.98 Å². The van der Waals surface area contributed by atoms with Gasteiger partial charge in [0.2, 0.25) is 0 Å². The van der Waals surface area contributed by atoms with Crippen molar-refractivity contribution >= 4 is 48.9 Å². The molecule has 4 aromatic rings. The van der Waals surface area contributed by atoms with Crippen molar-refractivity contribution in [2.24, 2.45) is 0 Å². The summed E-state index contributed by atoms with van der Waals surface area (Å²) >= 11 is 3.48. The molecule has 5 rings (SSSR count). The Balaban J connectivity index is 1.61. The second kappa shape index (κ2) is 5.25. The van der Waals surface area contributed by atoms with Gasteiger partial charge in [-0.15, -0.1) is 22.7 Å². The van der Waals surface area contributed by atoms with E-state index in [1.807, 2.05) is 0 Å². The predicted octanol–water partition coefficient (Wildman–Crippen LogP) is 4.64. The van der Waals surface area contributed by atoms with Gasteiger partial charge in [-0.25, -0.2) is 15.0 Å². The maximum absolute atomic E-state index is 4.87. The molecule has 114 valence electrons. The van der Waals surface area contributed by atoms with E-state index < -0.39 is 0 Å². The standard InChI is InChI=1S/C17H14N4S2/c1-2-6-14-12(4-1)20-17(23-14)13-5-3-8-21(13)15-11-7-9-22-16(11)19-10-18-15/h1-2,4,6-7,9-10,13H,3,5,8H2/t13-/m1/s1. The monoisotopic (exact) mass is 338 g/mol. The molecule has 4 heterocycles. The molecule has 0 aliphatic carbocycles. The van der Waals surface area contributed by atoms with Gasteiger partial charge in [0, 0.05) is 6.54 Å². The van der Waals surface area contributed by atoms with E-state index in [1.54, 1.807) is 29.0 Å². The third kappa shape index (κ3) is 2.13. The fraction of sp³-hybridized carbons (Fsp3) is 0.235. The Kier molecular flexibility index (Phi) is 3.06. The Labute approximate surface area is 141 Å². The molecule has 1 saturated heterocycles. The molecule has 0 amide bonds. The summed E-state index contributed by atoms with van der Waals surface area (Å²) in [6, 6.07) is 10.8. The van der Waals surface area contributed by atoms with Crippen molar-refractivity contribution in [3.05, 3.63) is 47.0 Å². The van der Waals surface area contributed by atoms with Gasteiger partial charge in [-0.05, 0) is 36.4 Å². The molecular weight excluding hydrogens is 324 g/mol. The lowest BCUT2D eigenvalue weighted by atomic mass is 10.2. The maximum atomic E-state index is 4.87. The summed E-state index contributed by atoms with van der Waals surface area (Å²) in [5.41, 5.74) is 1.10.